The van der Waals surface area contributed by atoms with Gasteiger partial charge in [0.1, 0.15) is 5.75 Å². The van der Waals surface area contributed by atoms with Gasteiger partial charge in [-0.25, -0.2) is 13.1 Å². The third kappa shape index (κ3) is 4.35. The van der Waals surface area contributed by atoms with Crippen molar-refractivity contribution in [1.29, 1.82) is 0 Å². The van der Waals surface area contributed by atoms with Crippen LogP contribution in [0.5, 0.6) is 5.75 Å². The minimum Gasteiger partial charge on any atom is -0.494 e. The van der Waals surface area contributed by atoms with E-state index in [1.807, 2.05) is 4.72 Å². The van der Waals surface area contributed by atoms with Gasteiger partial charge in [-0.2, -0.15) is 13.2 Å². The zero-order valence-corrected chi connectivity index (χ0v) is 14.6. The summed E-state index contributed by atoms with van der Waals surface area (Å²) in [5, 5.41) is 10.2. The Bertz CT molecular complexity index is 823. The lowest BCUT2D eigenvalue weighted by atomic mass is 9.93. The van der Waals surface area contributed by atoms with E-state index in [0.29, 0.717) is 12.4 Å². The molecule has 0 saturated heterocycles. The van der Waals surface area contributed by atoms with Crippen molar-refractivity contribution in [3.8, 4) is 5.75 Å². The largest absolute Gasteiger partial charge is 0.494 e. The molecule has 2 aromatic rings. The van der Waals surface area contributed by atoms with Crippen molar-refractivity contribution >= 4 is 10.0 Å². The van der Waals surface area contributed by atoms with Gasteiger partial charge in [-0.3, -0.25) is 0 Å². The molecule has 2 aromatic carbocycles. The van der Waals surface area contributed by atoms with Crippen molar-refractivity contribution in [3.05, 3.63) is 60.2 Å². The molecule has 5 nitrogen and oxygen atoms in total. The topological polar surface area (TPSA) is 75.6 Å². The molecular formula is C17H18F3NO4S. The Balaban J connectivity index is 2.25. The van der Waals surface area contributed by atoms with Crippen LogP contribution >= 0.6 is 0 Å². The minimum absolute atomic E-state index is 0.237. The molecule has 0 aliphatic heterocycles. The number of rotatable bonds is 7. The number of halogens is 3. The highest BCUT2D eigenvalue weighted by Crippen LogP contribution is 2.38. The molecule has 0 aliphatic carbocycles. The number of aliphatic hydroxyl groups is 1. The summed E-state index contributed by atoms with van der Waals surface area (Å²) in [7, 11) is -4.26. The number of benzene rings is 2. The molecule has 0 radical (unpaired) electrons. The maximum atomic E-state index is 13.4. The fourth-order valence-corrected chi connectivity index (χ4v) is 3.30. The Labute approximate surface area is 149 Å². The Morgan fingerprint density at radius 3 is 2.12 bits per heavy atom. The first kappa shape index (κ1) is 20.2. The molecule has 2 N–H and O–H groups in total. The molecule has 0 aromatic heterocycles. The molecule has 1 unspecified atom stereocenters. The van der Waals surface area contributed by atoms with Gasteiger partial charge in [0.05, 0.1) is 18.0 Å². The van der Waals surface area contributed by atoms with Gasteiger partial charge in [0.25, 0.3) is 0 Å². The highest BCUT2D eigenvalue weighted by atomic mass is 32.2. The zero-order valence-electron chi connectivity index (χ0n) is 13.8. The SMILES string of the molecule is CCOc1ccc(S(=O)(=O)NCC(O)(c2ccccc2)C(F)(F)F)cc1. The number of alkyl halides is 3. The van der Waals surface area contributed by atoms with E-state index >= 15 is 0 Å². The Kier molecular flexibility index (Phi) is 5.94. The van der Waals surface area contributed by atoms with Gasteiger partial charge in [-0.15, -0.1) is 0 Å². The summed E-state index contributed by atoms with van der Waals surface area (Å²) >= 11 is 0. The molecule has 0 saturated carbocycles. The summed E-state index contributed by atoms with van der Waals surface area (Å²) in [6.45, 7) is 0.893. The maximum Gasteiger partial charge on any atom is 0.422 e. The van der Waals surface area contributed by atoms with Crippen LogP contribution in [0.25, 0.3) is 0 Å². The van der Waals surface area contributed by atoms with Crippen LogP contribution in [-0.2, 0) is 15.6 Å². The highest BCUT2D eigenvalue weighted by molar-refractivity contribution is 7.89. The first-order valence-corrected chi connectivity index (χ1v) is 9.15. The summed E-state index contributed by atoms with van der Waals surface area (Å²) in [4.78, 5) is -0.237. The van der Waals surface area contributed by atoms with Crippen LogP contribution in [-0.4, -0.2) is 32.9 Å². The van der Waals surface area contributed by atoms with Gasteiger partial charge in [0.15, 0.2) is 5.60 Å². The van der Waals surface area contributed by atoms with Crippen molar-refractivity contribution in [1.82, 2.24) is 4.72 Å². The molecule has 142 valence electrons. The Morgan fingerprint density at radius 1 is 1.04 bits per heavy atom. The highest BCUT2D eigenvalue weighted by Gasteiger charge is 2.55. The van der Waals surface area contributed by atoms with E-state index in [0.717, 1.165) is 12.1 Å². The normalized spacial score (nSPS) is 14.7. The van der Waals surface area contributed by atoms with Gasteiger partial charge in [-0.1, -0.05) is 30.3 Å². The number of sulfonamides is 1. The standard InChI is InChI=1S/C17H18F3NO4S/c1-2-25-14-8-10-15(11-9-14)26(23,24)21-12-16(22,17(18,19)20)13-6-4-3-5-7-13/h3-11,21-22H,2,12H2,1H3. The van der Waals surface area contributed by atoms with Crippen LogP contribution in [0.1, 0.15) is 12.5 Å². The first-order chi connectivity index (χ1) is 12.1. The molecule has 0 fully saturated rings. The first-order valence-electron chi connectivity index (χ1n) is 7.67. The van der Waals surface area contributed by atoms with Gasteiger partial charge in [-0.05, 0) is 36.8 Å². The summed E-state index contributed by atoms with van der Waals surface area (Å²) in [6.07, 6.45) is -5.07. The van der Waals surface area contributed by atoms with Crippen LogP contribution in [0, 0.1) is 0 Å². The lowest BCUT2D eigenvalue weighted by molar-refractivity contribution is -0.263. The second-order valence-electron chi connectivity index (χ2n) is 5.45. The lowest BCUT2D eigenvalue weighted by Gasteiger charge is -2.31. The third-order valence-corrected chi connectivity index (χ3v) is 5.10. The van der Waals surface area contributed by atoms with E-state index in [4.69, 9.17) is 4.74 Å². The number of hydrogen-bond donors (Lipinski definition) is 2. The van der Waals surface area contributed by atoms with Gasteiger partial charge in [0.2, 0.25) is 10.0 Å². The van der Waals surface area contributed by atoms with E-state index < -0.39 is 33.9 Å². The lowest BCUT2D eigenvalue weighted by Crippen LogP contribution is -2.50. The quantitative estimate of drug-likeness (QED) is 0.764. The second-order valence-corrected chi connectivity index (χ2v) is 7.22. The monoisotopic (exact) mass is 389 g/mol. The molecule has 0 amide bonds. The third-order valence-electron chi connectivity index (χ3n) is 3.68. The summed E-state index contributed by atoms with van der Waals surface area (Å²) in [6, 6.07) is 11.5. The van der Waals surface area contributed by atoms with Crippen molar-refractivity contribution in [2.45, 2.75) is 23.6 Å². The minimum atomic E-state index is -5.07. The van der Waals surface area contributed by atoms with E-state index in [2.05, 4.69) is 0 Å². The predicted octanol–water partition coefficient (Wildman–Crippen LogP) is 2.81. The molecule has 0 aliphatic rings. The van der Waals surface area contributed by atoms with E-state index in [1.165, 1.54) is 42.5 Å². The van der Waals surface area contributed by atoms with Crippen LogP contribution < -0.4 is 9.46 Å². The molecular weight excluding hydrogens is 371 g/mol. The average molecular weight is 389 g/mol. The smallest absolute Gasteiger partial charge is 0.422 e. The van der Waals surface area contributed by atoms with Crippen molar-refractivity contribution in [3.63, 3.8) is 0 Å². The summed E-state index contributed by atoms with van der Waals surface area (Å²) in [5.74, 6) is 0.433. The fourth-order valence-electron chi connectivity index (χ4n) is 2.24. The van der Waals surface area contributed by atoms with E-state index in [9.17, 15) is 26.7 Å². The Morgan fingerprint density at radius 2 is 1.62 bits per heavy atom. The zero-order chi connectivity index (χ0) is 19.4. The van der Waals surface area contributed by atoms with Crippen LogP contribution in [0.4, 0.5) is 13.2 Å². The maximum absolute atomic E-state index is 13.4. The number of nitrogens with one attached hydrogen (secondary N) is 1. The molecule has 2 rings (SSSR count). The predicted molar refractivity (Wildman–Crippen MR) is 89.2 cm³/mol. The van der Waals surface area contributed by atoms with Crippen LogP contribution in [0.3, 0.4) is 0 Å². The van der Waals surface area contributed by atoms with Crippen molar-refractivity contribution < 1.29 is 31.4 Å². The molecule has 26 heavy (non-hydrogen) atoms. The van der Waals surface area contributed by atoms with Crippen molar-refractivity contribution in [2.75, 3.05) is 13.2 Å². The number of hydrogen-bond acceptors (Lipinski definition) is 4. The molecule has 0 spiro atoms. The molecule has 9 heteroatoms. The van der Waals surface area contributed by atoms with Crippen LogP contribution in [0.15, 0.2) is 59.5 Å². The fraction of sp³-hybridized carbons (Fsp3) is 0.294. The number of ether oxygens (including phenoxy) is 1. The van der Waals surface area contributed by atoms with Gasteiger partial charge in [0, 0.05) is 0 Å². The van der Waals surface area contributed by atoms with Gasteiger partial charge < -0.3 is 9.84 Å². The van der Waals surface area contributed by atoms with E-state index in [-0.39, 0.29) is 4.90 Å². The molecule has 1 atom stereocenters. The Hall–Kier alpha value is -2.10. The second kappa shape index (κ2) is 7.65. The van der Waals surface area contributed by atoms with Gasteiger partial charge >= 0.3 is 6.18 Å². The van der Waals surface area contributed by atoms with Crippen molar-refractivity contribution in [2.24, 2.45) is 0 Å². The molecule has 0 bridgehead atoms. The average Bonchev–Trinajstić information content (AvgIpc) is 2.60. The van der Waals surface area contributed by atoms with E-state index in [1.54, 1.807) is 6.92 Å². The summed E-state index contributed by atoms with van der Waals surface area (Å²) in [5.41, 5.74) is -3.81. The molecule has 0 heterocycles. The van der Waals surface area contributed by atoms with Crippen LogP contribution in [0.2, 0.25) is 0 Å². The summed E-state index contributed by atoms with van der Waals surface area (Å²) < 4.78 is 71.8.